The summed E-state index contributed by atoms with van der Waals surface area (Å²) >= 11 is 0. The topological polar surface area (TPSA) is 108 Å². The summed E-state index contributed by atoms with van der Waals surface area (Å²) in [6, 6.07) is 18.5. The van der Waals surface area contributed by atoms with Gasteiger partial charge in [0.2, 0.25) is 11.6 Å². The van der Waals surface area contributed by atoms with Gasteiger partial charge in [0.05, 0.1) is 12.5 Å². The molecule has 0 bridgehead atoms. The van der Waals surface area contributed by atoms with E-state index in [9.17, 15) is 14.4 Å². The van der Waals surface area contributed by atoms with Gasteiger partial charge in [0.15, 0.2) is 0 Å². The van der Waals surface area contributed by atoms with E-state index in [1.807, 2.05) is 31.2 Å². The summed E-state index contributed by atoms with van der Waals surface area (Å²) in [6.07, 6.45) is 0. The van der Waals surface area contributed by atoms with Gasteiger partial charge >= 0.3 is 5.97 Å². The molecule has 0 saturated heterocycles. The molecule has 180 valence electrons. The lowest BCUT2D eigenvalue weighted by molar-refractivity contribution is 0.0702. The average molecular weight is 484 g/mol. The highest BCUT2D eigenvalue weighted by Crippen LogP contribution is 2.44. The summed E-state index contributed by atoms with van der Waals surface area (Å²) in [5.41, 5.74) is 8.72. The van der Waals surface area contributed by atoms with Gasteiger partial charge < -0.3 is 24.4 Å². The molecule has 5 rings (SSSR count). The number of nitrogens with zero attached hydrogens (tertiary/aromatic N) is 1. The van der Waals surface area contributed by atoms with Gasteiger partial charge in [-0.3, -0.25) is 0 Å². The van der Waals surface area contributed by atoms with Crippen LogP contribution in [0.2, 0.25) is 0 Å². The highest BCUT2D eigenvalue weighted by molar-refractivity contribution is 5.96. The summed E-state index contributed by atoms with van der Waals surface area (Å²) in [6.45, 7) is 4.06. The van der Waals surface area contributed by atoms with Crippen molar-refractivity contribution < 1.29 is 27.8 Å². The molecule has 1 aromatic heterocycles. The number of nitriles is 1. The molecule has 2 heterocycles. The van der Waals surface area contributed by atoms with Crippen molar-refractivity contribution in [1.82, 2.24) is 0 Å². The third-order valence-corrected chi connectivity index (χ3v) is 5.99. The monoisotopic (exact) mass is 484 g/mol. The maximum Gasteiger partial charge on any atom is 0.379 e. The number of aryl methyl sites for hydroxylation is 1. The molecule has 4 aromatic rings. The first kappa shape index (κ1) is 23.0. The van der Waals surface area contributed by atoms with E-state index in [4.69, 9.17) is 24.4 Å². The van der Waals surface area contributed by atoms with Gasteiger partial charge in [-0.15, -0.1) is 0 Å². The SMILES string of the molecule is CCOc1cccc(C2C(C#N)=C(N)Oc3cc(OC(=O)c4oc5ccc(F)cc5c4C)ccc32)c1. The molecule has 7 nitrogen and oxygen atoms in total. The number of allylic oxidation sites excluding steroid dienone is 1. The molecule has 3 aromatic carbocycles. The van der Waals surface area contributed by atoms with E-state index in [-0.39, 0.29) is 23.0 Å². The van der Waals surface area contributed by atoms with Crippen molar-refractivity contribution >= 4 is 16.9 Å². The molecular weight excluding hydrogens is 463 g/mol. The fourth-order valence-corrected chi connectivity index (χ4v) is 4.33. The number of nitrogens with two attached hydrogens (primary N) is 1. The molecule has 36 heavy (non-hydrogen) atoms. The van der Waals surface area contributed by atoms with Crippen LogP contribution < -0.4 is 19.9 Å². The van der Waals surface area contributed by atoms with Crippen molar-refractivity contribution in [1.29, 1.82) is 5.26 Å². The second-order valence-electron chi connectivity index (χ2n) is 8.22. The number of benzene rings is 3. The maximum absolute atomic E-state index is 13.6. The van der Waals surface area contributed by atoms with Crippen molar-refractivity contribution in [2.45, 2.75) is 19.8 Å². The number of carbonyl (C=O) groups excluding carboxylic acids is 1. The van der Waals surface area contributed by atoms with E-state index < -0.39 is 17.7 Å². The summed E-state index contributed by atoms with van der Waals surface area (Å²) in [4.78, 5) is 12.9. The van der Waals surface area contributed by atoms with Crippen molar-refractivity contribution in [3.8, 4) is 23.3 Å². The molecule has 0 amide bonds. The molecular formula is C28H21FN2O5. The van der Waals surface area contributed by atoms with Crippen LogP contribution >= 0.6 is 0 Å². The Morgan fingerprint density at radius 1 is 1.14 bits per heavy atom. The molecule has 2 N–H and O–H groups in total. The predicted octanol–water partition coefficient (Wildman–Crippen LogP) is 5.72. The van der Waals surface area contributed by atoms with Gasteiger partial charge in [0, 0.05) is 22.6 Å². The first-order valence-corrected chi connectivity index (χ1v) is 11.2. The highest BCUT2D eigenvalue weighted by Gasteiger charge is 2.31. The van der Waals surface area contributed by atoms with Crippen LogP contribution in [0.25, 0.3) is 11.0 Å². The molecule has 1 unspecified atom stereocenters. The smallest absolute Gasteiger partial charge is 0.379 e. The van der Waals surface area contributed by atoms with Crippen LogP contribution in [0.15, 0.2) is 76.5 Å². The average Bonchev–Trinajstić information content (AvgIpc) is 3.19. The van der Waals surface area contributed by atoms with Gasteiger partial charge in [-0.05, 0) is 55.8 Å². The van der Waals surface area contributed by atoms with Gasteiger partial charge in [-0.25, -0.2) is 9.18 Å². The van der Waals surface area contributed by atoms with E-state index in [1.54, 1.807) is 19.1 Å². The molecule has 1 aliphatic rings. The lowest BCUT2D eigenvalue weighted by Crippen LogP contribution is -2.21. The molecule has 8 heteroatoms. The Morgan fingerprint density at radius 2 is 1.97 bits per heavy atom. The van der Waals surface area contributed by atoms with Gasteiger partial charge in [0.1, 0.15) is 40.3 Å². The summed E-state index contributed by atoms with van der Waals surface area (Å²) in [5, 5.41) is 10.3. The van der Waals surface area contributed by atoms with Crippen LogP contribution in [-0.2, 0) is 0 Å². The van der Waals surface area contributed by atoms with Gasteiger partial charge in [-0.2, -0.15) is 5.26 Å². The van der Waals surface area contributed by atoms with Crippen molar-refractivity contribution in [2.24, 2.45) is 5.73 Å². The Labute approximate surface area is 206 Å². The van der Waals surface area contributed by atoms with Crippen molar-refractivity contribution in [3.05, 3.63) is 100 Å². The van der Waals surface area contributed by atoms with E-state index >= 15 is 0 Å². The molecule has 1 aliphatic heterocycles. The van der Waals surface area contributed by atoms with Gasteiger partial charge in [-0.1, -0.05) is 18.2 Å². The third-order valence-electron chi connectivity index (χ3n) is 5.99. The quantitative estimate of drug-likeness (QED) is 0.285. The minimum Gasteiger partial charge on any atom is -0.494 e. The first-order valence-electron chi connectivity index (χ1n) is 11.2. The molecule has 1 atom stereocenters. The van der Waals surface area contributed by atoms with E-state index in [2.05, 4.69) is 6.07 Å². The van der Waals surface area contributed by atoms with Crippen LogP contribution in [-0.4, -0.2) is 12.6 Å². The third kappa shape index (κ3) is 4.01. The molecule has 0 aliphatic carbocycles. The fourth-order valence-electron chi connectivity index (χ4n) is 4.33. The Morgan fingerprint density at radius 3 is 2.75 bits per heavy atom. The number of furan rings is 1. The van der Waals surface area contributed by atoms with Crippen LogP contribution in [0, 0.1) is 24.1 Å². The number of hydrogen-bond acceptors (Lipinski definition) is 7. The molecule has 0 radical (unpaired) electrons. The van der Waals surface area contributed by atoms with E-state index in [1.165, 1.54) is 24.3 Å². The van der Waals surface area contributed by atoms with Crippen molar-refractivity contribution in [2.75, 3.05) is 6.61 Å². The first-order chi connectivity index (χ1) is 17.4. The number of fused-ring (bicyclic) bond motifs is 2. The van der Waals surface area contributed by atoms with E-state index in [0.717, 1.165) is 5.56 Å². The molecule has 0 spiro atoms. The normalized spacial score (nSPS) is 14.7. The number of rotatable bonds is 5. The zero-order valence-electron chi connectivity index (χ0n) is 19.5. The number of ether oxygens (including phenoxy) is 3. The summed E-state index contributed by atoms with van der Waals surface area (Å²) in [7, 11) is 0. The fraction of sp³-hybridized carbons (Fsp3) is 0.143. The second-order valence-corrected chi connectivity index (χ2v) is 8.22. The Balaban J connectivity index is 1.48. The number of hydrogen-bond donors (Lipinski definition) is 1. The highest BCUT2D eigenvalue weighted by atomic mass is 19.1. The number of esters is 1. The van der Waals surface area contributed by atoms with Gasteiger partial charge in [0.25, 0.3) is 0 Å². The molecule has 0 fully saturated rings. The minimum atomic E-state index is -0.734. The predicted molar refractivity (Wildman–Crippen MR) is 129 cm³/mol. The Hall–Kier alpha value is -4.77. The standard InChI is InChI=1S/C28H21FN2O5/c1-3-33-18-6-4-5-16(11-18)25-20-9-8-19(13-24(20)36-27(31)22(25)14-30)34-28(32)26-15(2)21-12-17(29)7-10-23(21)35-26/h4-13,25H,3,31H2,1-2H3. The minimum absolute atomic E-state index is 0.0222. The van der Waals surface area contributed by atoms with Crippen LogP contribution in [0.5, 0.6) is 17.2 Å². The van der Waals surface area contributed by atoms with Crippen LogP contribution in [0.1, 0.15) is 40.1 Å². The summed E-state index contributed by atoms with van der Waals surface area (Å²) in [5.74, 6) is -0.487. The number of halogens is 1. The van der Waals surface area contributed by atoms with Crippen molar-refractivity contribution in [3.63, 3.8) is 0 Å². The largest absolute Gasteiger partial charge is 0.494 e. The number of carbonyl (C=O) groups is 1. The maximum atomic E-state index is 13.6. The lowest BCUT2D eigenvalue weighted by atomic mass is 9.83. The zero-order chi connectivity index (χ0) is 25.4. The van der Waals surface area contributed by atoms with Crippen LogP contribution in [0.4, 0.5) is 4.39 Å². The lowest BCUT2D eigenvalue weighted by Gasteiger charge is -2.27. The summed E-state index contributed by atoms with van der Waals surface area (Å²) < 4.78 is 36.1. The Bertz CT molecular complexity index is 1580. The molecule has 0 saturated carbocycles. The second kappa shape index (κ2) is 9.12. The zero-order valence-corrected chi connectivity index (χ0v) is 19.5. The van der Waals surface area contributed by atoms with E-state index in [0.29, 0.717) is 40.2 Å². The Kier molecular flexibility index (Phi) is 5.82. The van der Waals surface area contributed by atoms with Crippen LogP contribution in [0.3, 0.4) is 0 Å².